The summed E-state index contributed by atoms with van der Waals surface area (Å²) in [7, 11) is 0. The Morgan fingerprint density at radius 1 is 1.00 bits per heavy atom. The van der Waals surface area contributed by atoms with Crippen LogP contribution in [0.1, 0.15) is 56.4 Å². The molecule has 2 aromatic carbocycles. The third-order valence-electron chi connectivity index (χ3n) is 7.14. The van der Waals surface area contributed by atoms with Gasteiger partial charge in [-0.3, -0.25) is 4.79 Å². The largest absolute Gasteiger partial charge is 0.353 e. The average Bonchev–Trinajstić information content (AvgIpc) is 2.90. The first kappa shape index (κ1) is 25.8. The molecule has 0 bridgehead atoms. The molecule has 190 valence electrons. The quantitative estimate of drug-likeness (QED) is 0.368. The van der Waals surface area contributed by atoms with Crippen LogP contribution in [0.15, 0.2) is 54.6 Å². The molecule has 3 aromatic rings. The zero-order valence-electron chi connectivity index (χ0n) is 21.7. The third kappa shape index (κ3) is 6.10. The molecule has 4 rings (SSSR count). The zero-order valence-corrected chi connectivity index (χ0v) is 21.7. The van der Waals surface area contributed by atoms with Crippen LogP contribution in [0.2, 0.25) is 0 Å². The van der Waals surface area contributed by atoms with Gasteiger partial charge in [0.05, 0.1) is 0 Å². The Labute approximate surface area is 214 Å². The zero-order chi connectivity index (χ0) is 25.5. The molecule has 0 spiro atoms. The summed E-state index contributed by atoms with van der Waals surface area (Å²) in [6.07, 6.45) is 4.79. The van der Waals surface area contributed by atoms with Crippen molar-refractivity contribution in [3.05, 3.63) is 77.2 Å². The molecule has 2 heterocycles. The van der Waals surface area contributed by atoms with Crippen molar-refractivity contribution < 1.29 is 9.18 Å². The summed E-state index contributed by atoms with van der Waals surface area (Å²) in [6.45, 7) is 9.10. The summed E-state index contributed by atoms with van der Waals surface area (Å²) in [4.78, 5) is 27.2. The van der Waals surface area contributed by atoms with Crippen LogP contribution < -0.4 is 4.90 Å². The second-order valence-electron chi connectivity index (χ2n) is 9.67. The summed E-state index contributed by atoms with van der Waals surface area (Å²) >= 11 is 0. The number of carbonyl (C=O) groups excluding carboxylic acids is 1. The second-order valence-corrected chi connectivity index (χ2v) is 9.67. The smallest absolute Gasteiger partial charge is 0.225 e. The maximum atomic E-state index is 14.0. The number of amides is 1. The number of carbonyl (C=O) groups is 1. The highest BCUT2D eigenvalue weighted by atomic mass is 19.1. The Morgan fingerprint density at radius 3 is 2.42 bits per heavy atom. The second kappa shape index (κ2) is 12.1. The first-order chi connectivity index (χ1) is 17.5. The number of aryl methyl sites for hydroxylation is 1. The molecular weight excluding hydrogens is 451 g/mol. The highest BCUT2D eigenvalue weighted by Crippen LogP contribution is 2.29. The fourth-order valence-electron chi connectivity index (χ4n) is 4.96. The standard InChI is InChI=1S/C30H37FN4O/c1-4-6-13-24(5-2)30(36)35-18-16-34(17-19-35)29-27(20-23-11-8-7-9-12-23)22(3)32-28(33-29)25-14-10-15-26(31)21-25/h7-12,14-15,21,24H,4-6,13,16-20H2,1-3H3. The highest BCUT2D eigenvalue weighted by molar-refractivity contribution is 5.79. The Morgan fingerprint density at radius 2 is 1.75 bits per heavy atom. The summed E-state index contributed by atoms with van der Waals surface area (Å²) in [5.74, 6) is 1.52. The molecule has 1 saturated heterocycles. The number of benzene rings is 2. The molecule has 6 heteroatoms. The van der Waals surface area contributed by atoms with E-state index in [4.69, 9.17) is 9.97 Å². The number of halogens is 1. The minimum Gasteiger partial charge on any atom is -0.353 e. The van der Waals surface area contributed by atoms with Crippen molar-refractivity contribution in [2.24, 2.45) is 5.92 Å². The van der Waals surface area contributed by atoms with E-state index in [1.165, 1.54) is 17.7 Å². The van der Waals surface area contributed by atoms with Gasteiger partial charge in [0.15, 0.2) is 5.82 Å². The number of rotatable bonds is 9. The fraction of sp³-hybridized carbons (Fsp3) is 0.433. The number of hydrogen-bond donors (Lipinski definition) is 0. The van der Waals surface area contributed by atoms with Crippen molar-refractivity contribution in [3.63, 3.8) is 0 Å². The monoisotopic (exact) mass is 488 g/mol. The molecular formula is C30H37FN4O. The van der Waals surface area contributed by atoms with Gasteiger partial charge in [-0.1, -0.05) is 69.2 Å². The number of nitrogens with zero attached hydrogens (tertiary/aromatic N) is 4. The summed E-state index contributed by atoms with van der Waals surface area (Å²) < 4.78 is 14.0. The van der Waals surface area contributed by atoms with Crippen molar-refractivity contribution >= 4 is 11.7 Å². The minimum absolute atomic E-state index is 0.117. The molecule has 1 aliphatic heterocycles. The molecule has 1 fully saturated rings. The van der Waals surface area contributed by atoms with Gasteiger partial charge in [0.2, 0.25) is 5.91 Å². The van der Waals surface area contributed by atoms with Gasteiger partial charge >= 0.3 is 0 Å². The van der Waals surface area contributed by atoms with E-state index in [0.29, 0.717) is 24.5 Å². The van der Waals surface area contributed by atoms with E-state index in [1.54, 1.807) is 6.07 Å². The number of piperazine rings is 1. The van der Waals surface area contributed by atoms with Crippen LogP contribution >= 0.6 is 0 Å². The SMILES string of the molecule is CCCCC(CC)C(=O)N1CCN(c2nc(-c3cccc(F)c3)nc(C)c2Cc2ccccc2)CC1. The molecule has 1 atom stereocenters. The Kier molecular flexibility index (Phi) is 8.68. The predicted octanol–water partition coefficient (Wildman–Crippen LogP) is 6.05. The molecule has 1 amide bonds. The average molecular weight is 489 g/mol. The van der Waals surface area contributed by atoms with E-state index in [0.717, 1.165) is 62.3 Å². The van der Waals surface area contributed by atoms with Crippen LogP contribution in [0.25, 0.3) is 11.4 Å². The number of aromatic nitrogens is 2. The predicted molar refractivity (Wildman–Crippen MR) is 144 cm³/mol. The van der Waals surface area contributed by atoms with Crippen LogP contribution in [0.3, 0.4) is 0 Å². The van der Waals surface area contributed by atoms with Gasteiger partial charge in [0.25, 0.3) is 0 Å². The third-order valence-corrected chi connectivity index (χ3v) is 7.14. The first-order valence-electron chi connectivity index (χ1n) is 13.2. The lowest BCUT2D eigenvalue weighted by molar-refractivity contribution is -0.136. The van der Waals surface area contributed by atoms with Gasteiger partial charge in [-0.15, -0.1) is 0 Å². The minimum atomic E-state index is -0.302. The van der Waals surface area contributed by atoms with Crippen LogP contribution in [-0.2, 0) is 11.2 Å². The van der Waals surface area contributed by atoms with Crippen LogP contribution in [-0.4, -0.2) is 47.0 Å². The van der Waals surface area contributed by atoms with Gasteiger partial charge in [-0.05, 0) is 37.5 Å². The number of unbranched alkanes of at least 4 members (excludes halogenated alkanes) is 1. The molecule has 0 N–H and O–H groups in total. The molecule has 36 heavy (non-hydrogen) atoms. The Bertz CT molecular complexity index is 1160. The van der Waals surface area contributed by atoms with Crippen LogP contribution in [0.5, 0.6) is 0 Å². The molecule has 1 aliphatic rings. The molecule has 0 radical (unpaired) electrons. The normalized spacial score (nSPS) is 14.7. The van der Waals surface area contributed by atoms with Crippen LogP contribution in [0.4, 0.5) is 10.2 Å². The first-order valence-corrected chi connectivity index (χ1v) is 13.2. The molecule has 1 aromatic heterocycles. The topological polar surface area (TPSA) is 49.3 Å². The lowest BCUT2D eigenvalue weighted by Gasteiger charge is -2.38. The van der Waals surface area contributed by atoms with Gasteiger partial charge in [0.1, 0.15) is 11.6 Å². The van der Waals surface area contributed by atoms with Crippen molar-refractivity contribution in [1.82, 2.24) is 14.9 Å². The lowest BCUT2D eigenvalue weighted by Crippen LogP contribution is -2.51. The molecule has 5 nitrogen and oxygen atoms in total. The molecule has 0 saturated carbocycles. The lowest BCUT2D eigenvalue weighted by atomic mass is 9.97. The van der Waals surface area contributed by atoms with E-state index in [2.05, 4.69) is 30.9 Å². The summed E-state index contributed by atoms with van der Waals surface area (Å²) in [5.41, 5.74) is 3.84. The van der Waals surface area contributed by atoms with Gasteiger partial charge in [0, 0.05) is 55.3 Å². The molecule has 0 aliphatic carbocycles. The van der Waals surface area contributed by atoms with Crippen molar-refractivity contribution in [3.8, 4) is 11.4 Å². The van der Waals surface area contributed by atoms with E-state index in [9.17, 15) is 9.18 Å². The Hall–Kier alpha value is -3.28. The van der Waals surface area contributed by atoms with E-state index < -0.39 is 0 Å². The maximum absolute atomic E-state index is 14.0. The van der Waals surface area contributed by atoms with Crippen LogP contribution in [0, 0.1) is 18.7 Å². The highest BCUT2D eigenvalue weighted by Gasteiger charge is 2.28. The number of anilines is 1. The Balaban J connectivity index is 1.61. The summed E-state index contributed by atoms with van der Waals surface area (Å²) in [5, 5.41) is 0. The van der Waals surface area contributed by atoms with Gasteiger partial charge < -0.3 is 9.80 Å². The summed E-state index contributed by atoms with van der Waals surface area (Å²) in [6, 6.07) is 16.8. The van der Waals surface area contributed by atoms with E-state index >= 15 is 0 Å². The fourth-order valence-corrected chi connectivity index (χ4v) is 4.96. The van der Waals surface area contributed by atoms with Crippen molar-refractivity contribution in [2.45, 2.75) is 52.9 Å². The number of hydrogen-bond acceptors (Lipinski definition) is 4. The van der Waals surface area contributed by atoms with Crippen molar-refractivity contribution in [1.29, 1.82) is 0 Å². The van der Waals surface area contributed by atoms with E-state index in [1.807, 2.05) is 36.1 Å². The van der Waals surface area contributed by atoms with Gasteiger partial charge in [-0.25, -0.2) is 14.4 Å². The van der Waals surface area contributed by atoms with Crippen molar-refractivity contribution in [2.75, 3.05) is 31.1 Å². The molecule has 1 unspecified atom stereocenters. The van der Waals surface area contributed by atoms with E-state index in [-0.39, 0.29) is 17.6 Å². The van der Waals surface area contributed by atoms with Gasteiger partial charge in [-0.2, -0.15) is 0 Å². The maximum Gasteiger partial charge on any atom is 0.225 e.